The summed E-state index contributed by atoms with van der Waals surface area (Å²) >= 11 is 0. The van der Waals surface area contributed by atoms with Crippen molar-refractivity contribution in [2.75, 3.05) is 0 Å². The molecular weight excluding hydrogens is 376 g/mol. The Morgan fingerprint density at radius 2 is 1.87 bits per heavy atom. The fourth-order valence-corrected chi connectivity index (χ4v) is 8.92. The minimum absolute atomic E-state index is 0.000489. The molecular formula is C26H38O4. The second kappa shape index (κ2) is 6.84. The van der Waals surface area contributed by atoms with E-state index in [4.69, 9.17) is 9.47 Å². The predicted molar refractivity (Wildman–Crippen MR) is 114 cm³/mol. The van der Waals surface area contributed by atoms with E-state index in [2.05, 4.69) is 26.8 Å². The molecule has 0 aromatic rings. The Morgan fingerprint density at radius 3 is 2.57 bits per heavy atom. The van der Waals surface area contributed by atoms with E-state index in [0.29, 0.717) is 12.3 Å². The van der Waals surface area contributed by atoms with Gasteiger partial charge in [-0.1, -0.05) is 25.5 Å². The largest absolute Gasteiger partial charge is 0.462 e. The molecule has 1 aliphatic heterocycles. The van der Waals surface area contributed by atoms with Gasteiger partial charge in [-0.3, -0.25) is 9.59 Å². The van der Waals surface area contributed by atoms with Crippen LogP contribution in [-0.4, -0.2) is 23.6 Å². The number of cyclic esters (lactones) is 1. The van der Waals surface area contributed by atoms with Crippen molar-refractivity contribution in [2.45, 2.75) is 104 Å². The second-order valence-electron chi connectivity index (χ2n) is 11.7. The van der Waals surface area contributed by atoms with Crippen molar-refractivity contribution in [1.82, 2.24) is 0 Å². The Bertz CT molecular complexity index is 786. The van der Waals surface area contributed by atoms with Crippen LogP contribution >= 0.6 is 0 Å². The molecule has 0 unspecified atom stereocenters. The van der Waals surface area contributed by atoms with Crippen molar-refractivity contribution in [3.8, 4) is 0 Å². The van der Waals surface area contributed by atoms with E-state index in [1.165, 1.54) is 39.0 Å². The molecule has 5 rings (SSSR count). The maximum atomic E-state index is 11.9. The summed E-state index contributed by atoms with van der Waals surface area (Å²) in [5.74, 6) is 2.57. The van der Waals surface area contributed by atoms with Crippen LogP contribution in [0.5, 0.6) is 0 Å². The first kappa shape index (κ1) is 20.6. The summed E-state index contributed by atoms with van der Waals surface area (Å²) in [7, 11) is 0. The van der Waals surface area contributed by atoms with Crippen LogP contribution in [0.1, 0.15) is 91.9 Å². The minimum Gasteiger partial charge on any atom is -0.462 e. The Balaban J connectivity index is 1.39. The average molecular weight is 415 g/mol. The SMILES string of the molecule is CC(=O)O[C@H]1CC[C@@]2(C)C(=CC[C@@H]3[C@H]4CC[C@@H]([C@@]5(C)CCC(=O)O5)[C@@]4(C)CC[C@H]32)C1. The Hall–Kier alpha value is -1.32. The van der Waals surface area contributed by atoms with E-state index in [1.54, 1.807) is 5.57 Å². The number of hydrogen-bond donors (Lipinski definition) is 0. The highest BCUT2D eigenvalue weighted by atomic mass is 16.6. The third-order valence-corrected chi connectivity index (χ3v) is 10.3. The first-order chi connectivity index (χ1) is 14.2. The summed E-state index contributed by atoms with van der Waals surface area (Å²) < 4.78 is 11.5. The molecule has 0 bridgehead atoms. The lowest BCUT2D eigenvalue weighted by Gasteiger charge is -2.59. The van der Waals surface area contributed by atoms with Crippen LogP contribution in [0.15, 0.2) is 11.6 Å². The van der Waals surface area contributed by atoms with Crippen molar-refractivity contribution in [2.24, 2.45) is 34.5 Å². The van der Waals surface area contributed by atoms with E-state index < -0.39 is 0 Å². The molecule has 3 saturated carbocycles. The average Bonchev–Trinajstić information content (AvgIpc) is 3.21. The molecule has 4 aliphatic carbocycles. The number of hydrogen-bond acceptors (Lipinski definition) is 4. The predicted octanol–water partition coefficient (Wildman–Crippen LogP) is 5.59. The van der Waals surface area contributed by atoms with Crippen LogP contribution in [0.4, 0.5) is 0 Å². The summed E-state index contributed by atoms with van der Waals surface area (Å²) in [6.07, 6.45) is 13.3. The van der Waals surface area contributed by atoms with Gasteiger partial charge in [-0.2, -0.15) is 0 Å². The lowest BCUT2D eigenvalue weighted by atomic mass is 9.46. The van der Waals surface area contributed by atoms with Gasteiger partial charge in [-0.15, -0.1) is 0 Å². The molecule has 4 heteroatoms. The highest BCUT2D eigenvalue weighted by Gasteiger charge is 2.63. The Labute approximate surface area is 181 Å². The van der Waals surface area contributed by atoms with Gasteiger partial charge >= 0.3 is 11.9 Å². The number of esters is 2. The lowest BCUT2D eigenvalue weighted by molar-refractivity contribution is -0.159. The van der Waals surface area contributed by atoms with Crippen LogP contribution in [0.2, 0.25) is 0 Å². The van der Waals surface area contributed by atoms with Crippen LogP contribution in [0.25, 0.3) is 0 Å². The third-order valence-electron chi connectivity index (χ3n) is 10.3. The fourth-order valence-electron chi connectivity index (χ4n) is 8.92. The highest BCUT2D eigenvalue weighted by Crippen LogP contribution is 2.68. The summed E-state index contributed by atoms with van der Waals surface area (Å²) in [5.41, 5.74) is 1.85. The molecule has 0 amide bonds. The van der Waals surface area contributed by atoms with Crippen molar-refractivity contribution >= 4 is 11.9 Å². The number of allylic oxidation sites excluding steroid dienone is 1. The molecule has 0 radical (unpaired) electrons. The van der Waals surface area contributed by atoms with Gasteiger partial charge in [0.25, 0.3) is 0 Å². The molecule has 4 fully saturated rings. The van der Waals surface area contributed by atoms with E-state index in [1.807, 2.05) is 0 Å². The quantitative estimate of drug-likeness (QED) is 0.436. The number of fused-ring (bicyclic) bond motifs is 5. The highest BCUT2D eigenvalue weighted by molar-refractivity contribution is 5.72. The van der Waals surface area contributed by atoms with Gasteiger partial charge in [-0.05, 0) is 86.9 Å². The third kappa shape index (κ3) is 2.92. The van der Waals surface area contributed by atoms with Crippen LogP contribution in [0, 0.1) is 34.5 Å². The zero-order valence-corrected chi connectivity index (χ0v) is 19.2. The van der Waals surface area contributed by atoms with Crippen LogP contribution < -0.4 is 0 Å². The minimum atomic E-state index is -0.255. The number of rotatable bonds is 2. The van der Waals surface area contributed by atoms with Gasteiger partial charge < -0.3 is 9.47 Å². The van der Waals surface area contributed by atoms with Gasteiger partial charge in [0.05, 0.1) is 0 Å². The monoisotopic (exact) mass is 414 g/mol. The molecule has 0 N–H and O–H groups in total. The summed E-state index contributed by atoms with van der Waals surface area (Å²) in [5, 5.41) is 0. The zero-order valence-electron chi connectivity index (χ0n) is 19.2. The van der Waals surface area contributed by atoms with Crippen molar-refractivity contribution in [3.05, 3.63) is 11.6 Å². The molecule has 1 heterocycles. The number of ether oxygens (including phenoxy) is 2. The van der Waals surface area contributed by atoms with E-state index in [0.717, 1.165) is 43.4 Å². The standard InChI is InChI=1S/C26H38O4/c1-16(27)29-18-9-12-24(2)17(15-18)5-6-19-20-7-8-22(25(20,3)13-10-21(19)24)26(4)14-11-23(28)30-26/h5,18-22H,6-15H2,1-4H3/t18-,19+,20+,21+,22+,24-,25-,26+/m0/s1. The smallest absolute Gasteiger partial charge is 0.306 e. The van der Waals surface area contributed by atoms with Crippen LogP contribution in [-0.2, 0) is 19.1 Å². The van der Waals surface area contributed by atoms with Gasteiger partial charge in [0.2, 0.25) is 0 Å². The van der Waals surface area contributed by atoms with Crippen LogP contribution in [0.3, 0.4) is 0 Å². The van der Waals surface area contributed by atoms with Crippen molar-refractivity contribution in [1.29, 1.82) is 0 Å². The van der Waals surface area contributed by atoms with E-state index >= 15 is 0 Å². The fraction of sp³-hybridized carbons (Fsp3) is 0.846. The molecule has 1 saturated heterocycles. The molecule has 0 aromatic carbocycles. The van der Waals surface area contributed by atoms with E-state index in [9.17, 15) is 9.59 Å². The first-order valence-corrected chi connectivity index (χ1v) is 12.2. The first-order valence-electron chi connectivity index (χ1n) is 12.2. The Morgan fingerprint density at radius 1 is 1.07 bits per heavy atom. The molecule has 30 heavy (non-hydrogen) atoms. The van der Waals surface area contributed by atoms with Gasteiger partial charge in [0, 0.05) is 25.7 Å². The molecule has 8 atom stereocenters. The molecule has 0 aromatic heterocycles. The summed E-state index contributed by atoms with van der Waals surface area (Å²) in [6.45, 7) is 8.75. The van der Waals surface area contributed by atoms with E-state index in [-0.39, 0.29) is 34.5 Å². The summed E-state index contributed by atoms with van der Waals surface area (Å²) in [6, 6.07) is 0. The number of carbonyl (C=O) groups is 2. The summed E-state index contributed by atoms with van der Waals surface area (Å²) in [4.78, 5) is 23.4. The molecule has 5 aliphatic rings. The maximum Gasteiger partial charge on any atom is 0.306 e. The molecule has 166 valence electrons. The number of carbonyl (C=O) groups excluding carboxylic acids is 2. The second-order valence-corrected chi connectivity index (χ2v) is 11.7. The molecule has 0 spiro atoms. The topological polar surface area (TPSA) is 52.6 Å². The van der Waals surface area contributed by atoms with Crippen molar-refractivity contribution < 1.29 is 19.1 Å². The van der Waals surface area contributed by atoms with Gasteiger partial charge in [-0.25, -0.2) is 0 Å². The normalized spacial score (nSPS) is 50.1. The van der Waals surface area contributed by atoms with Crippen molar-refractivity contribution in [3.63, 3.8) is 0 Å². The zero-order chi connectivity index (χ0) is 21.3. The molecule has 4 nitrogen and oxygen atoms in total. The Kier molecular flexibility index (Phi) is 4.69. The van der Waals surface area contributed by atoms with Gasteiger partial charge in [0.1, 0.15) is 11.7 Å². The van der Waals surface area contributed by atoms with Gasteiger partial charge in [0.15, 0.2) is 0 Å². The lowest BCUT2D eigenvalue weighted by Crippen LogP contribution is -2.53. The maximum absolute atomic E-state index is 11.9.